The van der Waals surface area contributed by atoms with E-state index in [2.05, 4.69) is 26.6 Å². The Balaban J connectivity index is 1.45. The van der Waals surface area contributed by atoms with Crippen molar-refractivity contribution in [2.45, 2.75) is 26.7 Å². The molecule has 1 aromatic heterocycles. The van der Waals surface area contributed by atoms with Crippen molar-refractivity contribution >= 4 is 23.2 Å². The number of nitrogens with one attached hydrogen (secondary N) is 2. The number of ether oxygens (including phenoxy) is 1. The van der Waals surface area contributed by atoms with Gasteiger partial charge in [-0.1, -0.05) is 12.1 Å². The first-order valence-electron chi connectivity index (χ1n) is 10.1. The normalized spacial score (nSPS) is 14.3. The minimum Gasteiger partial charge on any atom is -0.492 e. The second-order valence-corrected chi connectivity index (χ2v) is 7.18. The third-order valence-corrected chi connectivity index (χ3v) is 5.05. The number of amides is 2. The van der Waals surface area contributed by atoms with Gasteiger partial charge < -0.3 is 20.3 Å². The molecule has 0 radical (unpaired) electrons. The van der Waals surface area contributed by atoms with Crippen LogP contribution in [0.2, 0.25) is 0 Å². The number of carbonyl (C=O) groups excluding carboxylic acids is 2. The van der Waals surface area contributed by atoms with Gasteiger partial charge in [0.15, 0.2) is 0 Å². The lowest BCUT2D eigenvalue weighted by atomic mass is 9.96. The molecule has 0 bridgehead atoms. The van der Waals surface area contributed by atoms with Gasteiger partial charge in [0.1, 0.15) is 5.75 Å². The molecular weight excluding hydrogens is 368 g/mol. The summed E-state index contributed by atoms with van der Waals surface area (Å²) in [5.41, 5.74) is 2.69. The Morgan fingerprint density at radius 1 is 1.17 bits per heavy atom. The standard InChI is InChI=1S/C22H28N4O3/c1-3-29-20-7-5-4-6-19(20)25-22(28)21(27)24-15-17-9-12-26(13-10-17)18-8-11-23-16(2)14-18/h4-8,11,14,17H,3,9-10,12-13,15H2,1-2H3,(H,24,27)(H,25,28). The highest BCUT2D eigenvalue weighted by Gasteiger charge is 2.22. The van der Waals surface area contributed by atoms with Crippen molar-refractivity contribution < 1.29 is 14.3 Å². The minimum atomic E-state index is -0.679. The first kappa shape index (κ1) is 20.6. The predicted octanol–water partition coefficient (Wildman–Crippen LogP) is 2.76. The summed E-state index contributed by atoms with van der Waals surface area (Å²) in [6.45, 7) is 6.70. The van der Waals surface area contributed by atoms with Gasteiger partial charge in [-0.05, 0) is 56.9 Å². The molecule has 3 rings (SSSR count). The number of aromatic nitrogens is 1. The van der Waals surface area contributed by atoms with Gasteiger partial charge in [0, 0.05) is 37.2 Å². The van der Waals surface area contributed by atoms with E-state index in [4.69, 9.17) is 4.74 Å². The van der Waals surface area contributed by atoms with E-state index in [0.29, 0.717) is 30.5 Å². The third kappa shape index (κ3) is 5.70. The molecule has 1 aromatic carbocycles. The number of anilines is 2. The van der Waals surface area contributed by atoms with Gasteiger partial charge in [-0.25, -0.2) is 0 Å². The predicted molar refractivity (Wildman–Crippen MR) is 113 cm³/mol. The van der Waals surface area contributed by atoms with Crippen molar-refractivity contribution in [3.63, 3.8) is 0 Å². The molecule has 1 aliphatic rings. The summed E-state index contributed by atoms with van der Waals surface area (Å²) in [6, 6.07) is 11.2. The molecule has 0 aliphatic carbocycles. The van der Waals surface area contributed by atoms with Gasteiger partial charge in [0.2, 0.25) is 0 Å². The largest absolute Gasteiger partial charge is 0.492 e. The number of aryl methyl sites for hydroxylation is 1. The van der Waals surface area contributed by atoms with E-state index in [0.717, 1.165) is 31.6 Å². The van der Waals surface area contributed by atoms with Crippen LogP contribution < -0.4 is 20.3 Å². The fourth-order valence-electron chi connectivity index (χ4n) is 3.47. The van der Waals surface area contributed by atoms with Gasteiger partial charge >= 0.3 is 11.8 Å². The zero-order valence-corrected chi connectivity index (χ0v) is 17.0. The van der Waals surface area contributed by atoms with Crippen molar-refractivity contribution in [3.05, 3.63) is 48.3 Å². The van der Waals surface area contributed by atoms with Gasteiger partial charge in [0.25, 0.3) is 0 Å². The quantitative estimate of drug-likeness (QED) is 0.734. The number of hydrogen-bond donors (Lipinski definition) is 2. The van der Waals surface area contributed by atoms with Crippen LogP contribution in [0.15, 0.2) is 42.6 Å². The monoisotopic (exact) mass is 396 g/mol. The SMILES string of the molecule is CCOc1ccccc1NC(=O)C(=O)NCC1CCN(c2ccnc(C)c2)CC1. The van der Waals surface area contributed by atoms with Crippen molar-refractivity contribution in [1.82, 2.24) is 10.3 Å². The maximum Gasteiger partial charge on any atom is 0.313 e. The second-order valence-electron chi connectivity index (χ2n) is 7.18. The topological polar surface area (TPSA) is 83.6 Å². The van der Waals surface area contributed by atoms with Crippen molar-refractivity contribution in [3.8, 4) is 5.75 Å². The highest BCUT2D eigenvalue weighted by atomic mass is 16.5. The Morgan fingerprint density at radius 3 is 2.66 bits per heavy atom. The van der Waals surface area contributed by atoms with E-state index >= 15 is 0 Å². The highest BCUT2D eigenvalue weighted by molar-refractivity contribution is 6.39. The smallest absolute Gasteiger partial charge is 0.313 e. The average molecular weight is 396 g/mol. The zero-order chi connectivity index (χ0) is 20.6. The summed E-state index contributed by atoms with van der Waals surface area (Å²) in [6.07, 6.45) is 3.77. The summed E-state index contributed by atoms with van der Waals surface area (Å²) in [5.74, 6) is -0.387. The number of benzene rings is 1. The fraction of sp³-hybridized carbons (Fsp3) is 0.409. The van der Waals surface area contributed by atoms with Crippen LogP contribution >= 0.6 is 0 Å². The maximum absolute atomic E-state index is 12.2. The molecule has 7 heteroatoms. The Labute approximate surface area is 171 Å². The van der Waals surface area contributed by atoms with Gasteiger partial charge in [-0.3, -0.25) is 14.6 Å². The van der Waals surface area contributed by atoms with Crippen LogP contribution in [0.4, 0.5) is 11.4 Å². The van der Waals surface area contributed by atoms with Crippen molar-refractivity contribution in [2.24, 2.45) is 5.92 Å². The van der Waals surface area contributed by atoms with E-state index < -0.39 is 11.8 Å². The molecule has 154 valence electrons. The van der Waals surface area contributed by atoms with Crippen LogP contribution in [-0.2, 0) is 9.59 Å². The molecule has 2 amide bonds. The fourth-order valence-corrected chi connectivity index (χ4v) is 3.47. The van der Waals surface area contributed by atoms with Gasteiger partial charge in [-0.15, -0.1) is 0 Å². The maximum atomic E-state index is 12.2. The molecule has 1 fully saturated rings. The summed E-state index contributed by atoms with van der Waals surface area (Å²) >= 11 is 0. The third-order valence-electron chi connectivity index (χ3n) is 5.05. The Bertz CT molecular complexity index is 847. The summed E-state index contributed by atoms with van der Waals surface area (Å²) in [5, 5.41) is 5.39. The Hall–Kier alpha value is -3.09. The highest BCUT2D eigenvalue weighted by Crippen LogP contribution is 2.24. The van der Waals surface area contributed by atoms with Crippen LogP contribution in [0.5, 0.6) is 5.75 Å². The molecular formula is C22H28N4O3. The summed E-state index contributed by atoms with van der Waals surface area (Å²) in [4.78, 5) is 31.0. The molecule has 0 atom stereocenters. The lowest BCUT2D eigenvalue weighted by molar-refractivity contribution is -0.136. The number of nitrogens with zero attached hydrogens (tertiary/aromatic N) is 2. The molecule has 0 saturated carbocycles. The van der Waals surface area contributed by atoms with Crippen LogP contribution in [0.1, 0.15) is 25.5 Å². The van der Waals surface area contributed by atoms with Gasteiger partial charge in [-0.2, -0.15) is 0 Å². The van der Waals surface area contributed by atoms with Crippen LogP contribution in [0.3, 0.4) is 0 Å². The van der Waals surface area contributed by atoms with E-state index in [9.17, 15) is 9.59 Å². The van der Waals surface area contributed by atoms with E-state index in [-0.39, 0.29) is 0 Å². The number of rotatable bonds is 6. The number of para-hydroxylation sites is 2. The minimum absolute atomic E-state index is 0.363. The second kappa shape index (κ2) is 9.91. The summed E-state index contributed by atoms with van der Waals surface area (Å²) < 4.78 is 5.47. The molecule has 29 heavy (non-hydrogen) atoms. The molecule has 2 aromatic rings. The van der Waals surface area contributed by atoms with E-state index in [1.54, 1.807) is 18.2 Å². The van der Waals surface area contributed by atoms with E-state index in [1.807, 2.05) is 32.2 Å². The molecule has 0 spiro atoms. The van der Waals surface area contributed by atoms with Crippen LogP contribution in [-0.4, -0.2) is 43.0 Å². The first-order chi connectivity index (χ1) is 14.1. The molecule has 1 saturated heterocycles. The molecule has 7 nitrogen and oxygen atoms in total. The summed E-state index contributed by atoms with van der Waals surface area (Å²) in [7, 11) is 0. The Morgan fingerprint density at radius 2 is 1.93 bits per heavy atom. The first-order valence-corrected chi connectivity index (χ1v) is 10.1. The van der Waals surface area contributed by atoms with Crippen molar-refractivity contribution in [1.29, 1.82) is 0 Å². The number of hydrogen-bond acceptors (Lipinski definition) is 5. The number of pyridine rings is 1. The average Bonchev–Trinajstić information content (AvgIpc) is 2.74. The van der Waals surface area contributed by atoms with Crippen molar-refractivity contribution in [2.75, 3.05) is 36.5 Å². The molecule has 0 unspecified atom stereocenters. The number of piperidine rings is 1. The lowest BCUT2D eigenvalue weighted by Crippen LogP contribution is -2.41. The zero-order valence-electron chi connectivity index (χ0n) is 17.0. The molecule has 1 aliphatic heterocycles. The lowest BCUT2D eigenvalue weighted by Gasteiger charge is -2.33. The van der Waals surface area contributed by atoms with Gasteiger partial charge in [0.05, 0.1) is 12.3 Å². The van der Waals surface area contributed by atoms with Crippen LogP contribution in [0, 0.1) is 12.8 Å². The Kier molecular flexibility index (Phi) is 7.05. The molecule has 2 heterocycles. The van der Waals surface area contributed by atoms with Crippen LogP contribution in [0.25, 0.3) is 0 Å². The molecule has 2 N–H and O–H groups in total. The van der Waals surface area contributed by atoms with E-state index in [1.165, 1.54) is 5.69 Å². The number of carbonyl (C=O) groups is 2.